The molecule has 224 valence electrons. The highest BCUT2D eigenvalue weighted by molar-refractivity contribution is 5.99. The number of halogens is 1. The Morgan fingerprint density at radius 3 is 2.05 bits per heavy atom. The summed E-state index contributed by atoms with van der Waals surface area (Å²) in [6, 6.07) is 17.5. The van der Waals surface area contributed by atoms with Gasteiger partial charge in [0.2, 0.25) is 5.75 Å². The summed E-state index contributed by atoms with van der Waals surface area (Å²) in [7, 11) is 3.23. The lowest BCUT2D eigenvalue weighted by Crippen LogP contribution is -2.28. The summed E-state index contributed by atoms with van der Waals surface area (Å²) in [5, 5.41) is 11.8. The molecule has 9 heteroatoms. The molecule has 3 aromatic rings. The monoisotopic (exact) mass is 578 g/mol. The number of nitrogens with zero attached hydrogens (tertiary/aromatic N) is 2. The van der Waals surface area contributed by atoms with Crippen molar-refractivity contribution >= 4 is 23.3 Å². The maximum absolute atomic E-state index is 14.4. The summed E-state index contributed by atoms with van der Waals surface area (Å²) >= 11 is 0. The molecule has 3 atom stereocenters. The number of carbonyl (C=O) groups is 2. The van der Waals surface area contributed by atoms with Crippen LogP contribution in [0.25, 0.3) is 11.1 Å². The van der Waals surface area contributed by atoms with Crippen molar-refractivity contribution in [3.63, 3.8) is 0 Å². The van der Waals surface area contributed by atoms with E-state index in [0.717, 1.165) is 30.0 Å². The van der Waals surface area contributed by atoms with Crippen LogP contribution in [0.3, 0.4) is 0 Å². The third kappa shape index (κ3) is 8.15. The number of rotatable bonds is 13. The number of anilines is 1. The number of alkyl halides is 1. The molecule has 0 aromatic heterocycles. The maximum Gasteiger partial charge on any atom is 0.346 e. The van der Waals surface area contributed by atoms with E-state index in [4.69, 9.17) is 9.47 Å². The van der Waals surface area contributed by atoms with E-state index < -0.39 is 40.4 Å². The second-order valence-electron chi connectivity index (χ2n) is 10.9. The lowest BCUT2D eigenvalue weighted by molar-refractivity contribution is -0.385. The van der Waals surface area contributed by atoms with E-state index in [0.29, 0.717) is 12.3 Å². The average molecular weight is 579 g/mol. The van der Waals surface area contributed by atoms with E-state index in [1.165, 1.54) is 23.0 Å². The van der Waals surface area contributed by atoms with Gasteiger partial charge in [-0.15, -0.1) is 0 Å². The molecular weight excluding hydrogens is 539 g/mol. The van der Waals surface area contributed by atoms with Gasteiger partial charge in [0.1, 0.15) is 5.75 Å². The highest BCUT2D eigenvalue weighted by Gasteiger charge is 2.31. The molecule has 0 bridgehead atoms. The summed E-state index contributed by atoms with van der Waals surface area (Å²) in [5.41, 5.74) is 2.71. The predicted molar refractivity (Wildman–Crippen MR) is 162 cm³/mol. The first-order chi connectivity index (χ1) is 19.9. The van der Waals surface area contributed by atoms with Crippen LogP contribution in [0.2, 0.25) is 0 Å². The fourth-order valence-corrected chi connectivity index (χ4v) is 4.28. The molecule has 0 aliphatic rings. The topological polar surface area (TPSA) is 99.0 Å². The fraction of sp³-hybridized carbons (Fsp3) is 0.394. The molecule has 42 heavy (non-hydrogen) atoms. The Labute approximate surface area is 246 Å². The molecule has 0 saturated heterocycles. The average Bonchev–Trinajstić information content (AvgIpc) is 2.99. The van der Waals surface area contributed by atoms with Gasteiger partial charge < -0.3 is 14.4 Å². The van der Waals surface area contributed by atoms with Crippen LogP contribution in [0.1, 0.15) is 62.9 Å². The van der Waals surface area contributed by atoms with Crippen LogP contribution in [0, 0.1) is 22.0 Å². The molecule has 0 aliphatic heterocycles. The first kappa shape index (κ1) is 32.2. The number of aryl methyl sites for hydroxylation is 1. The van der Waals surface area contributed by atoms with Crippen LogP contribution in [-0.4, -0.2) is 37.1 Å². The van der Waals surface area contributed by atoms with E-state index >= 15 is 0 Å². The molecular formula is C33H39FN2O6. The largest absolute Gasteiger partial charge is 0.423 e. The zero-order chi connectivity index (χ0) is 31.0. The molecule has 0 saturated carbocycles. The number of benzene rings is 3. The Kier molecular flexibility index (Phi) is 11.2. The van der Waals surface area contributed by atoms with Gasteiger partial charge in [-0.25, -0.2) is 14.0 Å². The van der Waals surface area contributed by atoms with Crippen molar-refractivity contribution in [2.45, 2.75) is 59.5 Å². The normalized spacial score (nSPS) is 13.1. The molecule has 3 aromatic carbocycles. The van der Waals surface area contributed by atoms with Gasteiger partial charge in [0.05, 0.1) is 16.2 Å². The Hall–Kier alpha value is -4.27. The Morgan fingerprint density at radius 2 is 1.52 bits per heavy atom. The minimum atomic E-state index is -1.95. The summed E-state index contributed by atoms with van der Waals surface area (Å²) in [5.74, 6) is -2.19. The van der Waals surface area contributed by atoms with Gasteiger partial charge in [0.15, 0.2) is 6.17 Å². The van der Waals surface area contributed by atoms with Crippen molar-refractivity contribution in [1.29, 1.82) is 0 Å². The quantitative estimate of drug-likeness (QED) is 0.0882. The zero-order valence-corrected chi connectivity index (χ0v) is 25.1. The van der Waals surface area contributed by atoms with Gasteiger partial charge in [-0.3, -0.25) is 10.1 Å². The standard InChI is InChI=1S/C33H39FN2O6/c1-7-21(3)9-10-23-11-13-24(14-12-23)25-15-17-26(18-16-25)41-32(37)27-19-29(36(39)40)30(20-28(27)35(5)6)42-33(38)31(34)22(4)8-2/h11-22,31H,7-10H2,1-6H3/t21-,22-,31-/m0/s1. The van der Waals surface area contributed by atoms with Crippen molar-refractivity contribution in [2.75, 3.05) is 19.0 Å². The Bertz CT molecular complexity index is 1390. The Balaban J connectivity index is 1.80. The molecule has 0 amide bonds. The lowest BCUT2D eigenvalue weighted by Gasteiger charge is -2.19. The van der Waals surface area contributed by atoms with Gasteiger partial charge >= 0.3 is 17.6 Å². The van der Waals surface area contributed by atoms with Gasteiger partial charge in [0, 0.05) is 26.2 Å². The molecule has 0 N–H and O–H groups in total. The third-order valence-corrected chi connectivity index (χ3v) is 7.53. The van der Waals surface area contributed by atoms with Gasteiger partial charge in [-0.1, -0.05) is 76.9 Å². The lowest BCUT2D eigenvalue weighted by atomic mass is 9.97. The SMILES string of the molecule is CC[C@H](C)CCc1ccc(-c2ccc(OC(=O)c3cc([N+](=O)[O-])c(OC(=O)[C@@H](F)[C@@H](C)CC)cc3N(C)C)cc2)cc1. The number of nitro benzene ring substituents is 1. The van der Waals surface area contributed by atoms with E-state index in [1.807, 2.05) is 12.1 Å². The van der Waals surface area contributed by atoms with E-state index in [2.05, 4.69) is 38.1 Å². The molecule has 0 heterocycles. The van der Waals surface area contributed by atoms with Gasteiger partial charge in [0.25, 0.3) is 0 Å². The number of esters is 2. The predicted octanol–water partition coefficient (Wildman–Crippen LogP) is 7.82. The first-order valence-corrected chi connectivity index (χ1v) is 14.2. The number of hydrogen-bond donors (Lipinski definition) is 0. The molecule has 0 unspecified atom stereocenters. The minimum Gasteiger partial charge on any atom is -0.423 e. The highest BCUT2D eigenvalue weighted by Crippen LogP contribution is 2.36. The second-order valence-corrected chi connectivity index (χ2v) is 10.9. The van der Waals surface area contributed by atoms with E-state index in [1.54, 1.807) is 40.1 Å². The summed E-state index contributed by atoms with van der Waals surface area (Å²) in [6.45, 7) is 7.72. The van der Waals surface area contributed by atoms with Crippen LogP contribution in [0.4, 0.5) is 15.8 Å². The van der Waals surface area contributed by atoms with Crippen molar-refractivity contribution in [3.05, 3.63) is 81.9 Å². The number of carbonyl (C=O) groups excluding carboxylic acids is 2. The van der Waals surface area contributed by atoms with Crippen molar-refractivity contribution < 1.29 is 28.4 Å². The van der Waals surface area contributed by atoms with Crippen molar-refractivity contribution in [3.8, 4) is 22.6 Å². The van der Waals surface area contributed by atoms with Crippen LogP contribution in [0.15, 0.2) is 60.7 Å². The molecule has 0 spiro atoms. The zero-order valence-electron chi connectivity index (χ0n) is 25.1. The number of hydrogen-bond acceptors (Lipinski definition) is 7. The van der Waals surface area contributed by atoms with Gasteiger partial charge in [-0.05, 0) is 53.5 Å². The second kappa shape index (κ2) is 14.6. The first-order valence-electron chi connectivity index (χ1n) is 14.2. The molecule has 0 aliphatic carbocycles. The van der Waals surface area contributed by atoms with Crippen LogP contribution in [-0.2, 0) is 11.2 Å². The van der Waals surface area contributed by atoms with Crippen LogP contribution < -0.4 is 14.4 Å². The van der Waals surface area contributed by atoms with Crippen LogP contribution in [0.5, 0.6) is 11.5 Å². The third-order valence-electron chi connectivity index (χ3n) is 7.53. The summed E-state index contributed by atoms with van der Waals surface area (Å²) in [6.07, 6.45) is 1.80. The maximum atomic E-state index is 14.4. The summed E-state index contributed by atoms with van der Waals surface area (Å²) in [4.78, 5) is 38.0. The van der Waals surface area contributed by atoms with Crippen molar-refractivity contribution in [2.24, 2.45) is 11.8 Å². The Morgan fingerprint density at radius 1 is 0.929 bits per heavy atom. The minimum absolute atomic E-state index is 0.109. The van der Waals surface area contributed by atoms with E-state index in [9.17, 15) is 24.1 Å². The van der Waals surface area contributed by atoms with Crippen LogP contribution >= 0.6 is 0 Å². The molecule has 3 rings (SSSR count). The van der Waals surface area contributed by atoms with Gasteiger partial charge in [-0.2, -0.15) is 0 Å². The van der Waals surface area contributed by atoms with E-state index in [-0.39, 0.29) is 17.0 Å². The smallest absolute Gasteiger partial charge is 0.346 e. The fourth-order valence-electron chi connectivity index (χ4n) is 4.28. The summed E-state index contributed by atoms with van der Waals surface area (Å²) < 4.78 is 25.1. The molecule has 0 radical (unpaired) electrons. The highest BCUT2D eigenvalue weighted by atomic mass is 19.1. The molecule has 8 nitrogen and oxygen atoms in total. The molecule has 0 fully saturated rings. The number of nitro groups is 1. The number of ether oxygens (including phenoxy) is 2. The van der Waals surface area contributed by atoms with Crippen molar-refractivity contribution in [1.82, 2.24) is 0 Å².